The molecule has 9 nitrogen and oxygen atoms in total. The molecule has 0 radical (unpaired) electrons. The first-order chi connectivity index (χ1) is 18.4. The van der Waals surface area contributed by atoms with Gasteiger partial charge in [-0.05, 0) is 77.0 Å². The van der Waals surface area contributed by atoms with Crippen molar-refractivity contribution in [1.29, 1.82) is 0 Å². The van der Waals surface area contributed by atoms with Gasteiger partial charge in [-0.15, -0.1) is 0 Å². The van der Waals surface area contributed by atoms with Gasteiger partial charge in [0.25, 0.3) is 6.47 Å². The summed E-state index contributed by atoms with van der Waals surface area (Å²) >= 11 is 0. The third-order valence-corrected chi connectivity index (χ3v) is 7.11. The van der Waals surface area contributed by atoms with Gasteiger partial charge in [-0.2, -0.15) is 0 Å². The van der Waals surface area contributed by atoms with E-state index in [0.717, 1.165) is 18.4 Å². The van der Waals surface area contributed by atoms with Crippen LogP contribution in [0.2, 0.25) is 0 Å². The molecule has 232 valence electrons. The van der Waals surface area contributed by atoms with E-state index in [1.54, 1.807) is 6.26 Å². The van der Waals surface area contributed by atoms with Crippen molar-refractivity contribution in [3.63, 3.8) is 0 Å². The molecule has 0 saturated heterocycles. The quantitative estimate of drug-likeness (QED) is 0.139. The van der Waals surface area contributed by atoms with E-state index in [4.69, 9.17) is 24.3 Å². The molecule has 12 heteroatoms. The minimum Gasteiger partial charge on any atom is -1.00 e. The number of ether oxygens (including phenoxy) is 3. The molecule has 1 aromatic rings. The van der Waals surface area contributed by atoms with E-state index >= 15 is 0 Å². The number of benzene rings is 1. The summed E-state index contributed by atoms with van der Waals surface area (Å²) in [5.41, 5.74) is 1.02. The molecule has 2 heterocycles. The summed E-state index contributed by atoms with van der Waals surface area (Å²) in [6.07, 6.45) is 12.7. The molecule has 0 aliphatic carbocycles. The van der Waals surface area contributed by atoms with Crippen LogP contribution in [0.25, 0.3) is 0 Å². The molecule has 0 saturated carbocycles. The van der Waals surface area contributed by atoms with Crippen molar-refractivity contribution in [3.05, 3.63) is 60.6 Å². The third kappa shape index (κ3) is 25.8. The van der Waals surface area contributed by atoms with Crippen LogP contribution in [0.5, 0.6) is 0 Å². The molecule has 0 unspecified atom stereocenters. The van der Waals surface area contributed by atoms with Crippen molar-refractivity contribution in [2.24, 2.45) is 5.92 Å². The molecule has 0 amide bonds. The van der Waals surface area contributed by atoms with Crippen LogP contribution in [0.3, 0.4) is 0 Å². The second-order valence-corrected chi connectivity index (χ2v) is 12.2. The van der Waals surface area contributed by atoms with Gasteiger partial charge in [0.2, 0.25) is 0 Å². The number of carbonyl (C=O) groups is 2. The maximum atomic E-state index is 11.8. The second kappa shape index (κ2) is 29.0. The molecule has 2 aliphatic rings. The Kier molecular flexibility index (Phi) is 33.3. The summed E-state index contributed by atoms with van der Waals surface area (Å²) in [7, 11) is -1.02. The number of hydrogen-bond donors (Lipinski definition) is 1. The van der Waals surface area contributed by atoms with Crippen molar-refractivity contribution in [1.82, 2.24) is 4.72 Å². The average Bonchev–Trinajstić information content (AvgIpc) is 2.93. The Bertz CT molecular complexity index is 887. The van der Waals surface area contributed by atoms with Crippen molar-refractivity contribution < 1.29 is 98.7 Å². The summed E-state index contributed by atoms with van der Waals surface area (Å²) in [4.78, 5) is 21.6. The molecule has 0 spiro atoms. The van der Waals surface area contributed by atoms with Gasteiger partial charge in [0.05, 0.1) is 34.3 Å². The fraction of sp³-hybridized carbons (Fsp3) is 0.600. The fourth-order valence-electron chi connectivity index (χ4n) is 3.15. The van der Waals surface area contributed by atoms with Gasteiger partial charge in [-0.1, -0.05) is 51.6 Å². The number of hydrogen-bond acceptors (Lipinski definition) is 8. The Morgan fingerprint density at radius 2 is 1.55 bits per heavy atom. The Balaban J connectivity index is -0.000000155. The molecule has 1 N–H and O–H groups in total. The van der Waals surface area contributed by atoms with Crippen LogP contribution in [0.4, 0.5) is 0 Å². The zero-order valence-electron chi connectivity index (χ0n) is 27.3. The zero-order valence-corrected chi connectivity index (χ0v) is 31.1. The predicted molar refractivity (Wildman–Crippen MR) is 159 cm³/mol. The summed E-state index contributed by atoms with van der Waals surface area (Å²) in [6, 6.07) is 9.72. The molecule has 1 aromatic carbocycles. The minimum absolute atomic E-state index is 0. The van der Waals surface area contributed by atoms with Crippen LogP contribution in [0.1, 0.15) is 88.6 Å². The molecular weight excluding hydrogens is 580 g/mol. The Hall–Kier alpha value is -0.690. The maximum absolute atomic E-state index is 11.8. The average molecular weight is 632 g/mol. The summed E-state index contributed by atoms with van der Waals surface area (Å²) < 4.78 is 30.3. The predicted octanol–water partition coefficient (Wildman–Crippen LogP) is -0.604. The van der Waals surface area contributed by atoms with Gasteiger partial charge in [-0.3, -0.25) is 9.59 Å². The number of rotatable bonds is 7. The van der Waals surface area contributed by atoms with E-state index in [2.05, 4.69) is 29.5 Å². The standard InChI is InChI=1S/C11H21NO2S.C9H10O2.C8H14O.CH2O3.CH4.2Na.H/c1-9(10-7-5-6-8-14-10)12-15(13)11(2,3)4;1-8(10)11-7-9-5-3-2-4-6-9;1-7(2)8-5-3-4-6-9-8;2-1-4-3;;;;/h6,8-10,12H,5,7H2,1-4H3;2-6H,7H2,1H3;4,6-8H,3,5H2,1-2H3;1,3H;1H4;;;/q;;;;;2*+1;-1/p-1/t9-,10+,15-;;8-;;;;;/m1.0...../s1. The molecule has 42 heavy (non-hydrogen) atoms. The van der Waals surface area contributed by atoms with Gasteiger partial charge >= 0.3 is 65.1 Å². The van der Waals surface area contributed by atoms with Crippen LogP contribution < -0.4 is 69.1 Å². The summed E-state index contributed by atoms with van der Waals surface area (Å²) in [6.45, 7) is 13.9. The normalized spacial score (nSPS) is 17.7. The van der Waals surface area contributed by atoms with Crippen LogP contribution >= 0.6 is 0 Å². The van der Waals surface area contributed by atoms with Crippen molar-refractivity contribution in [2.45, 2.75) is 111 Å². The second-order valence-electron chi connectivity index (χ2n) is 10.2. The fourth-order valence-corrected chi connectivity index (χ4v) is 3.99. The van der Waals surface area contributed by atoms with E-state index < -0.39 is 11.0 Å². The topological polar surface area (TPSA) is 123 Å². The van der Waals surface area contributed by atoms with Gasteiger partial charge in [0.1, 0.15) is 18.8 Å². The van der Waals surface area contributed by atoms with E-state index in [-0.39, 0.29) is 97.3 Å². The van der Waals surface area contributed by atoms with E-state index in [0.29, 0.717) is 18.6 Å². The Labute approximate surface area is 302 Å². The number of carbonyl (C=O) groups excluding carboxylic acids is 2. The zero-order chi connectivity index (χ0) is 29.7. The molecule has 0 aromatic heterocycles. The number of allylic oxidation sites excluding steroid dienone is 2. The largest absolute Gasteiger partial charge is 1.00 e. The third-order valence-electron chi connectivity index (χ3n) is 5.41. The first-order valence-corrected chi connectivity index (χ1v) is 14.3. The molecular formula is C30H51NNa2O8S. The molecule has 0 bridgehead atoms. The van der Waals surface area contributed by atoms with Crippen LogP contribution in [-0.2, 0) is 46.3 Å². The van der Waals surface area contributed by atoms with Crippen LogP contribution in [0.15, 0.2) is 55.0 Å². The monoisotopic (exact) mass is 631 g/mol. The van der Waals surface area contributed by atoms with Gasteiger partial charge < -0.3 is 25.8 Å². The number of nitrogens with one attached hydrogen (secondary N) is 1. The maximum Gasteiger partial charge on any atom is 1.00 e. The first-order valence-electron chi connectivity index (χ1n) is 13.1. The SMILES string of the molecule is C.CC(=O)OCc1ccccc1.CC(C)[C@@H]1CCC=CO1.C[C@@H](N[S@](=O)C(C)(C)C)[C@@H]1CCC=CO1.O=CO[O-].[H-].[Na+].[Na+]. The first kappa shape index (κ1) is 48.2. The van der Waals surface area contributed by atoms with E-state index in [1.165, 1.54) is 19.8 Å². The van der Waals surface area contributed by atoms with E-state index in [1.807, 2.05) is 70.4 Å². The number of esters is 1. The van der Waals surface area contributed by atoms with Gasteiger partial charge in [-0.25, -0.2) is 8.93 Å². The summed E-state index contributed by atoms with van der Waals surface area (Å²) in [5, 5.41) is 8.43. The Morgan fingerprint density at radius 1 is 1.07 bits per heavy atom. The van der Waals surface area contributed by atoms with Gasteiger partial charge in [0, 0.05) is 6.92 Å². The van der Waals surface area contributed by atoms with Crippen molar-refractivity contribution >= 4 is 23.4 Å². The molecule has 4 atom stereocenters. The van der Waals surface area contributed by atoms with E-state index in [9.17, 15) is 9.00 Å². The van der Waals surface area contributed by atoms with Crippen LogP contribution in [-0.4, -0.2) is 39.6 Å². The van der Waals surface area contributed by atoms with Crippen molar-refractivity contribution in [2.75, 3.05) is 0 Å². The van der Waals surface area contributed by atoms with Crippen LogP contribution in [0, 0.1) is 5.92 Å². The smallest absolute Gasteiger partial charge is 1.00 e. The molecule has 3 rings (SSSR count). The Morgan fingerprint density at radius 3 is 1.88 bits per heavy atom. The van der Waals surface area contributed by atoms with Crippen molar-refractivity contribution in [3.8, 4) is 0 Å². The molecule has 0 fully saturated rings. The van der Waals surface area contributed by atoms with Gasteiger partial charge in [0.15, 0.2) is 0 Å². The summed E-state index contributed by atoms with van der Waals surface area (Å²) in [5.74, 6) is 0.420. The minimum atomic E-state index is -1.02. The molecule has 2 aliphatic heterocycles.